The van der Waals surface area contributed by atoms with Crippen molar-refractivity contribution < 1.29 is 29.3 Å². The number of rotatable bonds is 5. The average Bonchev–Trinajstić information content (AvgIpc) is 2.69. The predicted molar refractivity (Wildman–Crippen MR) is 119 cm³/mol. The van der Waals surface area contributed by atoms with Gasteiger partial charge in [-0.15, -0.1) is 0 Å². The zero-order chi connectivity index (χ0) is 23.7. The summed E-state index contributed by atoms with van der Waals surface area (Å²) in [7, 11) is 3.44. The van der Waals surface area contributed by atoms with Gasteiger partial charge in [0.25, 0.3) is 6.47 Å². The molecule has 0 bridgehead atoms. The lowest BCUT2D eigenvalue weighted by atomic mass is 9.79. The van der Waals surface area contributed by atoms with Gasteiger partial charge in [0.15, 0.2) is 0 Å². The molecule has 1 aliphatic rings. The molecule has 2 atom stereocenters. The van der Waals surface area contributed by atoms with Crippen LogP contribution in [0.4, 0.5) is 0 Å². The first-order valence-electron chi connectivity index (χ1n) is 10.4. The standard InChI is InChI=1S/C11H18O3.C5H11NO.C3H8.C2H6.CH2O2/c1-11(10(12)13)7-4-3-5-9(14-2)6-8-11;1-3-4-6(2)5-7;1-3-2;1-2;2-1-3/h3,5,9H,4,6-8H2,1-2H3,(H,12,13);5H,3-4H2,1-2H3;3H2,1-2H3;1-2H3;1H,(H,2,3)/b5-3+;;;;. The van der Waals surface area contributed by atoms with Crippen molar-refractivity contribution in [2.75, 3.05) is 20.7 Å². The van der Waals surface area contributed by atoms with Gasteiger partial charge in [-0.05, 0) is 39.0 Å². The molecule has 2 N–H and O–H groups in total. The summed E-state index contributed by atoms with van der Waals surface area (Å²) in [6, 6.07) is 0. The third-order valence-corrected chi connectivity index (χ3v) is 3.77. The van der Waals surface area contributed by atoms with Crippen LogP contribution in [-0.4, -0.2) is 60.8 Å². The Morgan fingerprint density at radius 1 is 1.24 bits per heavy atom. The number of hydrogen-bond donors (Lipinski definition) is 2. The molecule has 0 aliphatic heterocycles. The lowest BCUT2D eigenvalue weighted by Gasteiger charge is -2.27. The summed E-state index contributed by atoms with van der Waals surface area (Å²) >= 11 is 0. The van der Waals surface area contributed by atoms with E-state index in [1.54, 1.807) is 19.1 Å². The molecule has 1 aliphatic carbocycles. The second-order valence-corrected chi connectivity index (χ2v) is 6.54. The van der Waals surface area contributed by atoms with Crippen LogP contribution in [0.1, 0.15) is 80.1 Å². The highest BCUT2D eigenvalue weighted by Crippen LogP contribution is 2.32. The van der Waals surface area contributed by atoms with Gasteiger partial charge in [0.05, 0.1) is 11.5 Å². The summed E-state index contributed by atoms with van der Waals surface area (Å²) in [5, 5.41) is 16.0. The summed E-state index contributed by atoms with van der Waals surface area (Å²) in [6.07, 6.45) is 10.3. The Bertz CT molecular complexity index is 401. The van der Waals surface area contributed by atoms with Crippen molar-refractivity contribution in [3.8, 4) is 0 Å². The van der Waals surface area contributed by atoms with Crippen LogP contribution in [0.2, 0.25) is 0 Å². The molecular formula is C22H45NO6. The lowest BCUT2D eigenvalue weighted by molar-refractivity contribution is -0.149. The number of hydrogen-bond acceptors (Lipinski definition) is 4. The van der Waals surface area contributed by atoms with E-state index in [9.17, 15) is 9.59 Å². The second-order valence-electron chi connectivity index (χ2n) is 6.54. The Morgan fingerprint density at radius 2 is 1.72 bits per heavy atom. The van der Waals surface area contributed by atoms with E-state index in [0.29, 0.717) is 6.42 Å². The molecule has 7 nitrogen and oxygen atoms in total. The Balaban J connectivity index is -0.000000175. The van der Waals surface area contributed by atoms with Crippen LogP contribution in [0.15, 0.2) is 12.2 Å². The van der Waals surface area contributed by atoms with Crippen LogP contribution >= 0.6 is 0 Å². The summed E-state index contributed by atoms with van der Waals surface area (Å²) in [5.74, 6) is -0.692. The molecular weight excluding hydrogens is 374 g/mol. The molecule has 7 heteroatoms. The molecule has 1 amide bonds. The minimum atomic E-state index is -0.692. The fourth-order valence-corrected chi connectivity index (χ4v) is 2.15. The normalized spacial score (nSPS) is 20.5. The van der Waals surface area contributed by atoms with E-state index in [0.717, 1.165) is 38.6 Å². The van der Waals surface area contributed by atoms with Crippen molar-refractivity contribution in [1.82, 2.24) is 4.90 Å². The maximum Gasteiger partial charge on any atom is 0.309 e. The van der Waals surface area contributed by atoms with Gasteiger partial charge in [0, 0.05) is 20.7 Å². The monoisotopic (exact) mass is 419 g/mol. The molecule has 0 aromatic heterocycles. The first-order chi connectivity index (χ1) is 13.7. The smallest absolute Gasteiger partial charge is 0.309 e. The topological polar surface area (TPSA) is 104 Å². The SMILES string of the molecule is CC.CCC.CCCN(C)C=O.COC1/C=C/CCC(C)(C(=O)O)CC1.O=CO. The largest absolute Gasteiger partial charge is 0.483 e. The third-order valence-electron chi connectivity index (χ3n) is 3.77. The van der Waals surface area contributed by atoms with Gasteiger partial charge in [-0.2, -0.15) is 0 Å². The van der Waals surface area contributed by atoms with Crippen molar-refractivity contribution in [2.24, 2.45) is 5.41 Å². The van der Waals surface area contributed by atoms with E-state index < -0.39 is 11.4 Å². The predicted octanol–water partition coefficient (Wildman–Crippen LogP) is 4.85. The average molecular weight is 420 g/mol. The Labute approximate surface area is 178 Å². The maximum absolute atomic E-state index is 11.1. The molecule has 174 valence electrons. The zero-order valence-corrected chi connectivity index (χ0v) is 19.8. The number of carbonyl (C=O) groups is 3. The Kier molecular flexibility index (Phi) is 31.2. The minimum absolute atomic E-state index is 0.0778. The van der Waals surface area contributed by atoms with Crippen LogP contribution in [0, 0.1) is 5.41 Å². The Hall–Kier alpha value is -1.89. The number of carboxylic acid groups (broad SMARTS) is 2. The highest BCUT2D eigenvalue weighted by molar-refractivity contribution is 5.74. The van der Waals surface area contributed by atoms with Crippen LogP contribution in [-0.2, 0) is 19.1 Å². The van der Waals surface area contributed by atoms with Gasteiger partial charge in [0.1, 0.15) is 0 Å². The quantitative estimate of drug-likeness (QED) is 0.487. The molecule has 0 heterocycles. The van der Waals surface area contributed by atoms with Gasteiger partial charge in [0.2, 0.25) is 6.41 Å². The summed E-state index contributed by atoms with van der Waals surface area (Å²) < 4.78 is 5.22. The molecule has 0 radical (unpaired) electrons. The van der Waals surface area contributed by atoms with Crippen molar-refractivity contribution in [1.29, 1.82) is 0 Å². The van der Waals surface area contributed by atoms with Crippen LogP contribution in [0.25, 0.3) is 0 Å². The number of ether oxygens (including phenoxy) is 1. The van der Waals surface area contributed by atoms with Crippen LogP contribution in [0.3, 0.4) is 0 Å². The molecule has 29 heavy (non-hydrogen) atoms. The molecule has 0 fully saturated rings. The number of nitrogens with zero attached hydrogens (tertiary/aromatic N) is 1. The second kappa shape index (κ2) is 26.1. The van der Waals surface area contributed by atoms with E-state index in [-0.39, 0.29) is 12.6 Å². The van der Waals surface area contributed by atoms with E-state index >= 15 is 0 Å². The molecule has 2 unspecified atom stereocenters. The number of carbonyl (C=O) groups excluding carboxylic acids is 1. The van der Waals surface area contributed by atoms with Crippen LogP contribution in [0.5, 0.6) is 0 Å². The highest BCUT2D eigenvalue weighted by atomic mass is 16.5. The minimum Gasteiger partial charge on any atom is -0.483 e. The first kappa shape index (κ1) is 34.6. The summed E-state index contributed by atoms with van der Waals surface area (Å²) in [6.45, 7) is 12.7. The van der Waals surface area contributed by atoms with Crippen molar-refractivity contribution in [2.45, 2.75) is 86.2 Å². The highest BCUT2D eigenvalue weighted by Gasteiger charge is 2.33. The fraction of sp³-hybridized carbons (Fsp3) is 0.773. The molecule has 1 rings (SSSR count). The third kappa shape index (κ3) is 24.1. The molecule has 0 aromatic carbocycles. The van der Waals surface area contributed by atoms with Crippen molar-refractivity contribution >= 4 is 18.9 Å². The number of methoxy groups -OCH3 is 1. The first-order valence-corrected chi connectivity index (χ1v) is 10.4. The molecule has 0 spiro atoms. The van der Waals surface area contributed by atoms with Gasteiger partial charge in [-0.3, -0.25) is 14.4 Å². The number of allylic oxidation sites excluding steroid dienone is 1. The van der Waals surface area contributed by atoms with Gasteiger partial charge < -0.3 is 19.8 Å². The lowest BCUT2D eigenvalue weighted by Crippen LogP contribution is -2.29. The van der Waals surface area contributed by atoms with Crippen LogP contribution < -0.4 is 0 Å². The van der Waals surface area contributed by atoms with Gasteiger partial charge in [-0.1, -0.05) is 53.2 Å². The Morgan fingerprint density at radius 3 is 2.03 bits per heavy atom. The van der Waals surface area contributed by atoms with Crippen molar-refractivity contribution in [3.63, 3.8) is 0 Å². The van der Waals surface area contributed by atoms with E-state index in [1.807, 2.05) is 39.8 Å². The van der Waals surface area contributed by atoms with Crippen molar-refractivity contribution in [3.05, 3.63) is 12.2 Å². The number of aliphatic carboxylic acids is 1. The summed E-state index contributed by atoms with van der Waals surface area (Å²) in [5.41, 5.74) is -0.582. The fourth-order valence-electron chi connectivity index (χ4n) is 2.15. The van der Waals surface area contributed by atoms with Gasteiger partial charge >= 0.3 is 5.97 Å². The van der Waals surface area contributed by atoms with E-state index in [1.165, 1.54) is 6.42 Å². The van der Waals surface area contributed by atoms with E-state index in [4.69, 9.17) is 19.7 Å². The maximum atomic E-state index is 11.1. The molecule has 0 saturated carbocycles. The van der Waals surface area contributed by atoms with Gasteiger partial charge in [-0.25, -0.2) is 0 Å². The van der Waals surface area contributed by atoms with E-state index in [2.05, 4.69) is 13.8 Å². The zero-order valence-electron chi connectivity index (χ0n) is 19.8. The molecule has 0 saturated heterocycles. The molecule has 0 aromatic rings. The number of carboxylic acids is 1. The number of amides is 1. The summed E-state index contributed by atoms with van der Waals surface area (Å²) in [4.78, 5) is 30.9.